The third kappa shape index (κ3) is 4.74. The zero-order chi connectivity index (χ0) is 13.8. The molecule has 1 aromatic heterocycles. The van der Waals surface area contributed by atoms with Gasteiger partial charge in [-0.3, -0.25) is 4.79 Å². The van der Waals surface area contributed by atoms with E-state index in [1.807, 2.05) is 0 Å². The molecule has 0 aliphatic rings. The van der Waals surface area contributed by atoms with Gasteiger partial charge in [0, 0.05) is 26.7 Å². The molecule has 0 saturated carbocycles. The Hall–Kier alpha value is -1.57. The summed E-state index contributed by atoms with van der Waals surface area (Å²) in [5.41, 5.74) is 0.314. The van der Waals surface area contributed by atoms with Crippen LogP contribution in [0.1, 0.15) is 0 Å². The van der Waals surface area contributed by atoms with Crippen molar-refractivity contribution >= 4 is 5.69 Å². The molecular formula is C10H15F3N4O. The molecule has 0 aliphatic carbocycles. The first-order valence-corrected chi connectivity index (χ1v) is 5.31. The van der Waals surface area contributed by atoms with Gasteiger partial charge in [-0.1, -0.05) is 0 Å². The fourth-order valence-electron chi connectivity index (χ4n) is 1.25. The lowest BCUT2D eigenvalue weighted by Gasteiger charge is -2.12. The van der Waals surface area contributed by atoms with E-state index < -0.39 is 12.7 Å². The number of nitrogens with zero attached hydrogens (tertiary/aromatic N) is 3. The van der Waals surface area contributed by atoms with Crippen molar-refractivity contribution in [2.45, 2.75) is 12.7 Å². The molecule has 0 spiro atoms. The average Bonchev–Trinajstić information content (AvgIpc) is 2.24. The molecule has 1 rings (SSSR count). The number of anilines is 1. The maximum Gasteiger partial charge on any atom is 0.401 e. The fraction of sp³-hybridized carbons (Fsp3) is 0.600. The molecule has 0 saturated heterocycles. The lowest BCUT2D eigenvalue weighted by molar-refractivity contribution is -0.124. The monoisotopic (exact) mass is 264 g/mol. The minimum atomic E-state index is -4.24. The van der Waals surface area contributed by atoms with Crippen molar-refractivity contribution in [3.05, 3.63) is 22.6 Å². The topological polar surface area (TPSA) is 50.2 Å². The minimum absolute atomic E-state index is 0.0354. The van der Waals surface area contributed by atoms with Crippen molar-refractivity contribution in [3.63, 3.8) is 0 Å². The van der Waals surface area contributed by atoms with Crippen LogP contribution < -0.4 is 15.8 Å². The van der Waals surface area contributed by atoms with E-state index in [9.17, 15) is 18.0 Å². The van der Waals surface area contributed by atoms with E-state index in [1.165, 1.54) is 12.3 Å². The van der Waals surface area contributed by atoms with Crippen LogP contribution in [0.4, 0.5) is 18.9 Å². The van der Waals surface area contributed by atoms with E-state index in [0.717, 1.165) is 4.68 Å². The summed E-state index contributed by atoms with van der Waals surface area (Å²) in [6.45, 7) is -0.937. The zero-order valence-electron chi connectivity index (χ0n) is 10.2. The van der Waals surface area contributed by atoms with Gasteiger partial charge < -0.3 is 10.2 Å². The smallest absolute Gasteiger partial charge is 0.376 e. The summed E-state index contributed by atoms with van der Waals surface area (Å²) in [4.78, 5) is 13.3. The molecule has 0 unspecified atom stereocenters. The van der Waals surface area contributed by atoms with Crippen LogP contribution in [-0.4, -0.2) is 43.1 Å². The second-order valence-corrected chi connectivity index (χ2v) is 3.96. The van der Waals surface area contributed by atoms with Crippen molar-refractivity contribution in [2.24, 2.45) is 0 Å². The highest BCUT2D eigenvalue weighted by atomic mass is 19.4. The lowest BCUT2D eigenvalue weighted by Crippen LogP contribution is -2.34. The number of hydrogen-bond acceptors (Lipinski definition) is 4. The van der Waals surface area contributed by atoms with Crippen LogP contribution in [0.15, 0.2) is 17.1 Å². The van der Waals surface area contributed by atoms with Gasteiger partial charge in [-0.25, -0.2) is 4.68 Å². The number of alkyl halides is 3. The molecule has 0 atom stereocenters. The maximum absolute atomic E-state index is 11.9. The van der Waals surface area contributed by atoms with E-state index in [-0.39, 0.29) is 18.6 Å². The quantitative estimate of drug-likeness (QED) is 0.785. The van der Waals surface area contributed by atoms with Crippen LogP contribution in [0.5, 0.6) is 0 Å². The highest BCUT2D eigenvalue weighted by Crippen LogP contribution is 2.11. The van der Waals surface area contributed by atoms with E-state index in [4.69, 9.17) is 0 Å². The van der Waals surface area contributed by atoms with Gasteiger partial charge in [0.2, 0.25) is 0 Å². The molecule has 1 heterocycles. The number of rotatable bonds is 5. The molecule has 0 radical (unpaired) electrons. The maximum atomic E-state index is 11.9. The zero-order valence-corrected chi connectivity index (χ0v) is 10.2. The molecule has 0 bridgehead atoms. The van der Waals surface area contributed by atoms with Gasteiger partial charge in [0.15, 0.2) is 0 Å². The number of nitrogens with one attached hydrogen (secondary N) is 1. The Morgan fingerprint density at radius 1 is 1.44 bits per heavy atom. The van der Waals surface area contributed by atoms with Gasteiger partial charge in [0.25, 0.3) is 5.56 Å². The molecule has 18 heavy (non-hydrogen) atoms. The van der Waals surface area contributed by atoms with Gasteiger partial charge in [0.1, 0.15) is 0 Å². The van der Waals surface area contributed by atoms with Crippen LogP contribution in [0.25, 0.3) is 0 Å². The lowest BCUT2D eigenvalue weighted by atomic mass is 10.4. The van der Waals surface area contributed by atoms with Gasteiger partial charge in [-0.2, -0.15) is 18.3 Å². The standard InChI is InChI=1S/C10H15F3N4O/c1-16(2)8-5-9(18)17(15-6-8)4-3-14-7-10(11,12)13/h5-6,14H,3-4,7H2,1-2H3. The summed E-state index contributed by atoms with van der Waals surface area (Å²) in [7, 11) is 3.54. The molecule has 0 aromatic carbocycles. The Morgan fingerprint density at radius 3 is 2.61 bits per heavy atom. The van der Waals surface area contributed by atoms with Crippen LogP contribution in [-0.2, 0) is 6.54 Å². The summed E-state index contributed by atoms with van der Waals surface area (Å²) in [6.07, 6.45) is -2.75. The minimum Gasteiger partial charge on any atom is -0.376 e. The predicted molar refractivity (Wildman–Crippen MR) is 61.7 cm³/mol. The molecule has 5 nitrogen and oxygen atoms in total. The summed E-state index contributed by atoms with van der Waals surface area (Å²) in [5.74, 6) is 0. The predicted octanol–water partition coefficient (Wildman–Crippen LogP) is 0.461. The first kappa shape index (κ1) is 14.5. The van der Waals surface area contributed by atoms with E-state index in [2.05, 4.69) is 10.4 Å². The second kappa shape index (κ2) is 5.85. The Balaban J connectivity index is 2.51. The van der Waals surface area contributed by atoms with Crippen molar-refractivity contribution in [1.29, 1.82) is 0 Å². The first-order valence-electron chi connectivity index (χ1n) is 5.31. The molecule has 1 N–H and O–H groups in total. The summed E-state index contributed by atoms with van der Waals surface area (Å²) in [6, 6.07) is 1.39. The third-order valence-electron chi connectivity index (χ3n) is 2.20. The highest BCUT2D eigenvalue weighted by Gasteiger charge is 2.25. The normalized spacial score (nSPS) is 11.6. The van der Waals surface area contributed by atoms with Crippen molar-refractivity contribution in [3.8, 4) is 0 Å². The molecule has 102 valence electrons. The molecule has 0 amide bonds. The van der Waals surface area contributed by atoms with Crippen molar-refractivity contribution in [2.75, 3.05) is 32.1 Å². The Kier molecular flexibility index (Phi) is 4.71. The van der Waals surface area contributed by atoms with E-state index >= 15 is 0 Å². The van der Waals surface area contributed by atoms with E-state index in [1.54, 1.807) is 19.0 Å². The van der Waals surface area contributed by atoms with Gasteiger partial charge in [-0.05, 0) is 0 Å². The Labute approximate surface area is 102 Å². The third-order valence-corrected chi connectivity index (χ3v) is 2.20. The highest BCUT2D eigenvalue weighted by molar-refractivity contribution is 5.40. The van der Waals surface area contributed by atoms with Crippen molar-refractivity contribution < 1.29 is 13.2 Å². The molecular weight excluding hydrogens is 249 g/mol. The SMILES string of the molecule is CN(C)c1cnn(CCNCC(F)(F)F)c(=O)c1. The van der Waals surface area contributed by atoms with Gasteiger partial charge in [0.05, 0.1) is 25.0 Å². The Morgan fingerprint density at radius 2 is 2.11 bits per heavy atom. The first-order chi connectivity index (χ1) is 8.29. The van der Waals surface area contributed by atoms with Crippen LogP contribution in [0.2, 0.25) is 0 Å². The largest absolute Gasteiger partial charge is 0.401 e. The molecule has 8 heteroatoms. The second-order valence-electron chi connectivity index (χ2n) is 3.96. The van der Waals surface area contributed by atoms with Crippen LogP contribution in [0.3, 0.4) is 0 Å². The van der Waals surface area contributed by atoms with Crippen LogP contribution in [0, 0.1) is 0 Å². The molecule has 0 fully saturated rings. The van der Waals surface area contributed by atoms with Gasteiger partial charge >= 0.3 is 6.18 Å². The number of halogens is 3. The average molecular weight is 264 g/mol. The summed E-state index contributed by atoms with van der Waals surface area (Å²) < 4.78 is 36.7. The number of hydrogen-bond donors (Lipinski definition) is 1. The van der Waals surface area contributed by atoms with E-state index in [0.29, 0.717) is 5.69 Å². The van der Waals surface area contributed by atoms with Crippen molar-refractivity contribution in [1.82, 2.24) is 15.1 Å². The molecule has 1 aromatic rings. The van der Waals surface area contributed by atoms with Gasteiger partial charge in [-0.15, -0.1) is 0 Å². The summed E-state index contributed by atoms with van der Waals surface area (Å²) in [5, 5.41) is 6.08. The number of aromatic nitrogens is 2. The van der Waals surface area contributed by atoms with Crippen LogP contribution >= 0.6 is 0 Å². The molecule has 0 aliphatic heterocycles. The summed E-state index contributed by atoms with van der Waals surface area (Å²) >= 11 is 0. The fourth-order valence-corrected chi connectivity index (χ4v) is 1.25. The Bertz CT molecular complexity index is 441.